The van der Waals surface area contributed by atoms with E-state index in [0.29, 0.717) is 6.61 Å². The molecule has 0 saturated carbocycles. The largest absolute Gasteiger partial charge is 0.496 e. The summed E-state index contributed by atoms with van der Waals surface area (Å²) in [6, 6.07) is 6.06. The topological polar surface area (TPSA) is 36.3 Å². The first-order chi connectivity index (χ1) is 8.72. The van der Waals surface area contributed by atoms with Gasteiger partial charge in [-0.1, -0.05) is 11.6 Å². The summed E-state index contributed by atoms with van der Waals surface area (Å²) in [5.74, 6) is 1.63. The summed E-state index contributed by atoms with van der Waals surface area (Å²) in [4.78, 5) is 0. The van der Waals surface area contributed by atoms with Crippen molar-refractivity contribution in [3.8, 4) is 11.5 Å². The van der Waals surface area contributed by atoms with Crippen LogP contribution in [0, 0.1) is 6.92 Å². The maximum Gasteiger partial charge on any atom is 0.157 e. The molecule has 2 rings (SSSR count). The molecule has 0 atom stereocenters. The van der Waals surface area contributed by atoms with Crippen molar-refractivity contribution in [3.05, 3.63) is 41.7 Å². The van der Waals surface area contributed by atoms with Gasteiger partial charge in [-0.25, -0.2) is 0 Å². The molecule has 96 valence electrons. The fourth-order valence-corrected chi connectivity index (χ4v) is 1.77. The lowest BCUT2D eigenvalue weighted by molar-refractivity contribution is 0.296. The molecule has 0 N–H and O–H groups in total. The third kappa shape index (κ3) is 2.83. The van der Waals surface area contributed by atoms with Crippen LogP contribution in [-0.4, -0.2) is 16.9 Å². The van der Waals surface area contributed by atoms with Gasteiger partial charge in [0.25, 0.3) is 0 Å². The van der Waals surface area contributed by atoms with E-state index >= 15 is 0 Å². The zero-order valence-electron chi connectivity index (χ0n) is 11.0. The number of hydrogen-bond donors (Lipinski definition) is 0. The zero-order valence-corrected chi connectivity index (χ0v) is 11.0. The molecule has 0 amide bonds. The number of nitrogens with zero attached hydrogens (tertiary/aromatic N) is 2. The molecule has 1 heterocycles. The Balaban J connectivity index is 2.07. The first-order valence-electron chi connectivity index (χ1n) is 6.01. The number of hydrogen-bond acceptors (Lipinski definition) is 3. The van der Waals surface area contributed by atoms with Gasteiger partial charge in [-0.05, 0) is 26.0 Å². The second kappa shape index (κ2) is 5.58. The quantitative estimate of drug-likeness (QED) is 0.814. The number of aryl methyl sites for hydroxylation is 2. The van der Waals surface area contributed by atoms with Gasteiger partial charge in [-0.2, -0.15) is 5.10 Å². The smallest absolute Gasteiger partial charge is 0.157 e. The Kier molecular flexibility index (Phi) is 3.87. The summed E-state index contributed by atoms with van der Waals surface area (Å²) >= 11 is 0. The van der Waals surface area contributed by atoms with Crippen LogP contribution < -0.4 is 9.47 Å². The van der Waals surface area contributed by atoms with E-state index in [2.05, 4.69) is 18.1 Å². The molecule has 0 unspecified atom stereocenters. The minimum absolute atomic E-state index is 0.486. The van der Waals surface area contributed by atoms with Crippen molar-refractivity contribution >= 4 is 0 Å². The van der Waals surface area contributed by atoms with E-state index < -0.39 is 0 Å². The normalized spacial score (nSPS) is 10.4. The summed E-state index contributed by atoms with van der Waals surface area (Å²) in [7, 11) is 1.67. The maximum absolute atomic E-state index is 5.71. The number of aromatic nitrogens is 2. The van der Waals surface area contributed by atoms with Crippen LogP contribution in [0.2, 0.25) is 0 Å². The van der Waals surface area contributed by atoms with E-state index in [1.165, 1.54) is 5.56 Å². The predicted molar refractivity (Wildman–Crippen MR) is 70.0 cm³/mol. The highest BCUT2D eigenvalue weighted by Gasteiger charge is 2.05. The Morgan fingerprint density at radius 3 is 2.83 bits per heavy atom. The second-order valence-corrected chi connectivity index (χ2v) is 4.14. The standard InChI is InChI=1S/C14H18N2O2/c1-4-16-9-13(8-15-16)18-10-12-7-11(2)5-6-14(12)17-3/h5-9H,4,10H2,1-3H3. The first-order valence-corrected chi connectivity index (χ1v) is 6.01. The van der Waals surface area contributed by atoms with E-state index in [9.17, 15) is 0 Å². The molecule has 0 aliphatic heterocycles. The third-order valence-corrected chi connectivity index (χ3v) is 2.76. The number of benzene rings is 1. The number of rotatable bonds is 5. The van der Waals surface area contributed by atoms with Crippen LogP contribution in [-0.2, 0) is 13.2 Å². The van der Waals surface area contributed by atoms with Gasteiger partial charge in [0.15, 0.2) is 5.75 Å². The molecule has 0 radical (unpaired) electrons. The van der Waals surface area contributed by atoms with Crippen LogP contribution in [0.3, 0.4) is 0 Å². The molecule has 0 aliphatic carbocycles. The van der Waals surface area contributed by atoms with Crippen LogP contribution in [0.25, 0.3) is 0 Å². The van der Waals surface area contributed by atoms with Crippen molar-refractivity contribution in [1.82, 2.24) is 9.78 Å². The van der Waals surface area contributed by atoms with Crippen LogP contribution in [0.5, 0.6) is 11.5 Å². The molecule has 0 spiro atoms. The molecular formula is C14H18N2O2. The van der Waals surface area contributed by atoms with Gasteiger partial charge in [0.2, 0.25) is 0 Å². The van der Waals surface area contributed by atoms with Crippen LogP contribution >= 0.6 is 0 Å². The Labute approximate surface area is 107 Å². The van der Waals surface area contributed by atoms with Crippen molar-refractivity contribution in [2.24, 2.45) is 0 Å². The van der Waals surface area contributed by atoms with E-state index in [0.717, 1.165) is 23.6 Å². The molecule has 0 saturated heterocycles. The molecule has 0 bridgehead atoms. The van der Waals surface area contributed by atoms with Gasteiger partial charge in [-0.15, -0.1) is 0 Å². The van der Waals surface area contributed by atoms with Crippen LogP contribution in [0.15, 0.2) is 30.6 Å². The molecule has 1 aromatic heterocycles. The van der Waals surface area contributed by atoms with Crippen LogP contribution in [0.1, 0.15) is 18.1 Å². The second-order valence-electron chi connectivity index (χ2n) is 4.14. The lowest BCUT2D eigenvalue weighted by Gasteiger charge is -2.09. The van der Waals surface area contributed by atoms with Crippen molar-refractivity contribution in [2.75, 3.05) is 7.11 Å². The Hall–Kier alpha value is -1.97. The highest BCUT2D eigenvalue weighted by molar-refractivity contribution is 5.36. The van der Waals surface area contributed by atoms with Gasteiger partial charge in [-0.3, -0.25) is 4.68 Å². The van der Waals surface area contributed by atoms with Gasteiger partial charge in [0, 0.05) is 12.1 Å². The van der Waals surface area contributed by atoms with E-state index in [-0.39, 0.29) is 0 Å². The molecule has 0 aliphatic rings. The summed E-state index contributed by atoms with van der Waals surface area (Å²) < 4.78 is 12.9. The Bertz CT molecular complexity index is 520. The molecule has 1 aromatic carbocycles. The summed E-state index contributed by atoms with van der Waals surface area (Å²) in [6.07, 6.45) is 3.62. The van der Waals surface area contributed by atoms with Gasteiger partial charge >= 0.3 is 0 Å². The highest BCUT2D eigenvalue weighted by atomic mass is 16.5. The zero-order chi connectivity index (χ0) is 13.0. The van der Waals surface area contributed by atoms with E-state index in [4.69, 9.17) is 9.47 Å². The van der Waals surface area contributed by atoms with Gasteiger partial charge in [0.1, 0.15) is 12.4 Å². The lowest BCUT2D eigenvalue weighted by Crippen LogP contribution is -1.99. The molecule has 0 fully saturated rings. The maximum atomic E-state index is 5.71. The molecule has 18 heavy (non-hydrogen) atoms. The Morgan fingerprint density at radius 2 is 2.17 bits per heavy atom. The molecular weight excluding hydrogens is 228 g/mol. The predicted octanol–water partition coefficient (Wildman–Crippen LogP) is 2.80. The van der Waals surface area contributed by atoms with E-state index in [1.807, 2.05) is 29.9 Å². The Morgan fingerprint density at radius 1 is 1.33 bits per heavy atom. The number of ether oxygens (including phenoxy) is 2. The number of methoxy groups -OCH3 is 1. The summed E-state index contributed by atoms with van der Waals surface area (Å²) in [5, 5.41) is 4.17. The van der Waals surface area contributed by atoms with Crippen molar-refractivity contribution < 1.29 is 9.47 Å². The fourth-order valence-electron chi connectivity index (χ4n) is 1.77. The average Bonchev–Trinajstić information content (AvgIpc) is 2.84. The third-order valence-electron chi connectivity index (χ3n) is 2.76. The van der Waals surface area contributed by atoms with E-state index in [1.54, 1.807) is 13.3 Å². The average molecular weight is 246 g/mol. The lowest BCUT2D eigenvalue weighted by atomic mass is 10.1. The van der Waals surface area contributed by atoms with Crippen molar-refractivity contribution in [3.63, 3.8) is 0 Å². The van der Waals surface area contributed by atoms with Gasteiger partial charge < -0.3 is 9.47 Å². The fraction of sp³-hybridized carbons (Fsp3) is 0.357. The van der Waals surface area contributed by atoms with Crippen LogP contribution in [0.4, 0.5) is 0 Å². The molecule has 2 aromatic rings. The summed E-state index contributed by atoms with van der Waals surface area (Å²) in [6.45, 7) is 5.43. The SMILES string of the molecule is CCn1cc(OCc2cc(C)ccc2OC)cn1. The minimum atomic E-state index is 0.486. The first kappa shape index (κ1) is 12.5. The molecule has 4 nitrogen and oxygen atoms in total. The minimum Gasteiger partial charge on any atom is -0.496 e. The van der Waals surface area contributed by atoms with Gasteiger partial charge in [0.05, 0.1) is 19.5 Å². The van der Waals surface area contributed by atoms with Crippen molar-refractivity contribution in [2.45, 2.75) is 27.0 Å². The van der Waals surface area contributed by atoms with Crippen molar-refractivity contribution in [1.29, 1.82) is 0 Å². The summed E-state index contributed by atoms with van der Waals surface area (Å²) in [5.41, 5.74) is 2.24. The highest BCUT2D eigenvalue weighted by Crippen LogP contribution is 2.21. The molecule has 4 heteroatoms. The monoisotopic (exact) mass is 246 g/mol.